The number of aromatic nitrogens is 2. The molecule has 0 bridgehead atoms. The molecule has 0 aliphatic carbocycles. The van der Waals surface area contributed by atoms with Gasteiger partial charge in [0, 0.05) is 16.0 Å². The Bertz CT molecular complexity index is 1200. The van der Waals surface area contributed by atoms with Crippen LogP contribution in [0.2, 0.25) is 0 Å². The number of benzene rings is 2. The highest BCUT2D eigenvalue weighted by molar-refractivity contribution is 9.10. The number of fused-ring (bicyclic) bond motifs is 1. The van der Waals surface area contributed by atoms with E-state index in [1.807, 2.05) is 32.0 Å². The van der Waals surface area contributed by atoms with E-state index in [0.717, 1.165) is 10.9 Å². The van der Waals surface area contributed by atoms with Crippen LogP contribution in [-0.2, 0) is 9.53 Å². The Labute approximate surface area is 195 Å². The number of para-hydroxylation sites is 1. The molecule has 2 aromatic carbocycles. The normalized spacial score (nSPS) is 12.4. The number of halogens is 1. The predicted molar refractivity (Wildman–Crippen MR) is 129 cm³/mol. The molecule has 32 heavy (non-hydrogen) atoms. The first-order valence-electron chi connectivity index (χ1n) is 10.5. The van der Waals surface area contributed by atoms with Crippen molar-refractivity contribution in [1.82, 2.24) is 9.66 Å². The summed E-state index contributed by atoms with van der Waals surface area (Å²) in [6.07, 6.45) is 2.14. The van der Waals surface area contributed by atoms with Crippen LogP contribution in [0.25, 0.3) is 10.9 Å². The zero-order chi connectivity index (χ0) is 23.3. The van der Waals surface area contributed by atoms with Gasteiger partial charge >= 0.3 is 5.97 Å². The minimum absolute atomic E-state index is 0.0326. The number of esters is 1. The molecule has 1 aromatic heterocycles. The summed E-state index contributed by atoms with van der Waals surface area (Å²) in [5.74, 6) is 0.630. The molecule has 0 spiro atoms. The second-order valence-corrected chi connectivity index (χ2v) is 8.58. The quantitative estimate of drug-likeness (QED) is 0.325. The van der Waals surface area contributed by atoms with Crippen LogP contribution in [-0.4, -0.2) is 34.6 Å². The van der Waals surface area contributed by atoms with Gasteiger partial charge in [0.05, 0.1) is 23.2 Å². The largest absolute Gasteiger partial charge is 0.481 e. The first-order valence-corrected chi connectivity index (χ1v) is 11.3. The van der Waals surface area contributed by atoms with Gasteiger partial charge in [-0.15, -0.1) is 0 Å². The van der Waals surface area contributed by atoms with Crippen LogP contribution in [0.5, 0.6) is 5.75 Å². The number of rotatable bonds is 8. The van der Waals surface area contributed by atoms with Gasteiger partial charge in [0.25, 0.3) is 5.56 Å². The Hall–Kier alpha value is -3.00. The maximum Gasteiger partial charge on any atom is 0.344 e. The summed E-state index contributed by atoms with van der Waals surface area (Å²) >= 11 is 3.41. The summed E-state index contributed by atoms with van der Waals surface area (Å²) in [5, 5.41) is 4.94. The van der Waals surface area contributed by atoms with Crippen LogP contribution in [0, 0.1) is 0 Å². The van der Waals surface area contributed by atoms with Gasteiger partial charge in [-0.25, -0.2) is 9.78 Å². The smallest absolute Gasteiger partial charge is 0.344 e. The van der Waals surface area contributed by atoms with Crippen molar-refractivity contribution in [2.75, 3.05) is 6.61 Å². The van der Waals surface area contributed by atoms with Gasteiger partial charge in [-0.1, -0.05) is 41.9 Å². The standard InChI is InChI=1S/C24H26BrN3O4/c1-5-16(4)23-27-20-11-10-18(25)12-19(20)24(30)28(23)26-13-17-8-6-7-9-21(17)31-14-22(29)32-15(2)3/h6-13,15-16H,5,14H2,1-4H3/t16-/m0/s1. The average Bonchev–Trinajstić information content (AvgIpc) is 2.77. The van der Waals surface area contributed by atoms with Crippen molar-refractivity contribution in [3.05, 3.63) is 68.7 Å². The number of hydrogen-bond donors (Lipinski definition) is 0. The van der Waals surface area contributed by atoms with Crippen molar-refractivity contribution < 1.29 is 14.3 Å². The monoisotopic (exact) mass is 499 g/mol. The maximum atomic E-state index is 13.2. The van der Waals surface area contributed by atoms with Gasteiger partial charge in [-0.2, -0.15) is 9.78 Å². The number of carbonyl (C=O) groups is 1. The molecule has 0 amide bonds. The molecule has 0 N–H and O–H groups in total. The van der Waals surface area contributed by atoms with E-state index < -0.39 is 5.97 Å². The molecule has 168 valence electrons. The Morgan fingerprint density at radius 3 is 2.69 bits per heavy atom. The highest BCUT2D eigenvalue weighted by Gasteiger charge is 2.16. The van der Waals surface area contributed by atoms with Gasteiger partial charge in [-0.05, 0) is 50.6 Å². The lowest BCUT2D eigenvalue weighted by molar-refractivity contribution is -0.149. The zero-order valence-electron chi connectivity index (χ0n) is 18.5. The SMILES string of the molecule is CC[C@H](C)c1nc2ccc(Br)cc2c(=O)n1N=Cc1ccccc1OCC(=O)OC(C)C. The first-order chi connectivity index (χ1) is 15.3. The third kappa shape index (κ3) is 5.62. The summed E-state index contributed by atoms with van der Waals surface area (Å²) in [6, 6.07) is 12.6. The van der Waals surface area contributed by atoms with Crippen LogP contribution in [0.3, 0.4) is 0 Å². The molecule has 1 atom stereocenters. The van der Waals surface area contributed by atoms with Crippen LogP contribution < -0.4 is 10.3 Å². The maximum absolute atomic E-state index is 13.2. The van der Waals surface area contributed by atoms with Crippen molar-refractivity contribution in [3.8, 4) is 5.75 Å². The fourth-order valence-corrected chi connectivity index (χ4v) is 3.41. The van der Waals surface area contributed by atoms with Crippen LogP contribution in [0.15, 0.2) is 56.8 Å². The second kappa shape index (κ2) is 10.5. The molecular formula is C24H26BrN3O4. The molecule has 8 heteroatoms. The van der Waals surface area contributed by atoms with Crippen molar-refractivity contribution >= 4 is 39.0 Å². The Morgan fingerprint density at radius 1 is 1.22 bits per heavy atom. The van der Waals surface area contributed by atoms with Gasteiger partial charge in [0.1, 0.15) is 11.6 Å². The number of carbonyl (C=O) groups excluding carboxylic acids is 1. The van der Waals surface area contributed by atoms with Crippen LogP contribution >= 0.6 is 15.9 Å². The fraction of sp³-hybridized carbons (Fsp3) is 0.333. The fourth-order valence-electron chi connectivity index (χ4n) is 3.05. The summed E-state index contributed by atoms with van der Waals surface area (Å²) in [6.45, 7) is 7.39. The summed E-state index contributed by atoms with van der Waals surface area (Å²) in [5.41, 5.74) is 1.01. The topological polar surface area (TPSA) is 82.8 Å². The highest BCUT2D eigenvalue weighted by Crippen LogP contribution is 2.21. The van der Waals surface area contributed by atoms with E-state index in [1.54, 1.807) is 44.3 Å². The molecule has 0 aliphatic rings. The summed E-state index contributed by atoms with van der Waals surface area (Å²) < 4.78 is 12.9. The molecule has 0 fully saturated rings. The third-order valence-corrected chi connectivity index (χ3v) is 5.32. The zero-order valence-corrected chi connectivity index (χ0v) is 20.1. The molecule has 1 heterocycles. The van der Waals surface area contributed by atoms with E-state index in [9.17, 15) is 9.59 Å². The molecule has 0 aliphatic heterocycles. The highest BCUT2D eigenvalue weighted by atomic mass is 79.9. The van der Waals surface area contributed by atoms with E-state index in [2.05, 4.69) is 21.0 Å². The third-order valence-electron chi connectivity index (χ3n) is 4.83. The van der Waals surface area contributed by atoms with Crippen molar-refractivity contribution in [2.45, 2.75) is 46.1 Å². The number of hydrogen-bond acceptors (Lipinski definition) is 6. The lowest BCUT2D eigenvalue weighted by Gasteiger charge is -2.14. The number of nitrogens with zero attached hydrogens (tertiary/aromatic N) is 3. The second-order valence-electron chi connectivity index (χ2n) is 7.67. The summed E-state index contributed by atoms with van der Waals surface area (Å²) in [4.78, 5) is 29.8. The predicted octanol–water partition coefficient (Wildman–Crippen LogP) is 4.89. The van der Waals surface area contributed by atoms with E-state index >= 15 is 0 Å². The van der Waals surface area contributed by atoms with Gasteiger partial charge in [-0.3, -0.25) is 4.79 Å². The van der Waals surface area contributed by atoms with Gasteiger partial charge in [0.15, 0.2) is 6.61 Å². The molecule has 3 rings (SSSR count). The average molecular weight is 500 g/mol. The minimum atomic E-state index is -0.452. The van der Waals surface area contributed by atoms with Crippen molar-refractivity contribution in [3.63, 3.8) is 0 Å². The molecular weight excluding hydrogens is 474 g/mol. The molecule has 7 nitrogen and oxygen atoms in total. The number of ether oxygens (including phenoxy) is 2. The van der Waals surface area contributed by atoms with Gasteiger partial charge < -0.3 is 9.47 Å². The minimum Gasteiger partial charge on any atom is -0.481 e. The lowest BCUT2D eigenvalue weighted by atomic mass is 10.1. The summed E-state index contributed by atoms with van der Waals surface area (Å²) in [7, 11) is 0. The molecule has 0 saturated carbocycles. The molecule has 0 radical (unpaired) electrons. The lowest BCUT2D eigenvalue weighted by Crippen LogP contribution is -2.23. The van der Waals surface area contributed by atoms with E-state index in [4.69, 9.17) is 14.5 Å². The first kappa shape index (κ1) is 23.7. The van der Waals surface area contributed by atoms with Crippen LogP contribution in [0.4, 0.5) is 0 Å². The van der Waals surface area contributed by atoms with E-state index in [0.29, 0.717) is 28.0 Å². The Balaban J connectivity index is 1.99. The Kier molecular flexibility index (Phi) is 7.80. The molecule has 0 unspecified atom stereocenters. The molecule has 3 aromatic rings. The van der Waals surface area contributed by atoms with Gasteiger partial charge in [0.2, 0.25) is 0 Å². The molecule has 0 saturated heterocycles. The van der Waals surface area contributed by atoms with Crippen LogP contribution in [0.1, 0.15) is 51.4 Å². The Morgan fingerprint density at radius 2 is 1.97 bits per heavy atom. The van der Waals surface area contributed by atoms with Crippen molar-refractivity contribution in [2.24, 2.45) is 5.10 Å². The van der Waals surface area contributed by atoms with E-state index in [-0.39, 0.29) is 24.2 Å². The van der Waals surface area contributed by atoms with E-state index in [1.165, 1.54) is 4.68 Å². The van der Waals surface area contributed by atoms with Crippen molar-refractivity contribution in [1.29, 1.82) is 0 Å².